The van der Waals surface area contributed by atoms with Crippen molar-refractivity contribution in [1.29, 1.82) is 0 Å². The van der Waals surface area contributed by atoms with Crippen molar-refractivity contribution in [2.24, 2.45) is 0 Å². The smallest absolute Gasteiger partial charge is 0.246 e. The van der Waals surface area contributed by atoms with Crippen molar-refractivity contribution in [3.63, 3.8) is 0 Å². The number of aromatic nitrogens is 1. The summed E-state index contributed by atoms with van der Waals surface area (Å²) in [7, 11) is 0. The lowest BCUT2D eigenvalue weighted by Crippen LogP contribution is -2.28. The van der Waals surface area contributed by atoms with E-state index in [9.17, 15) is 4.79 Å². The Hall–Kier alpha value is -0.940. The van der Waals surface area contributed by atoms with Crippen molar-refractivity contribution in [3.8, 4) is 0 Å². The fraction of sp³-hybridized carbons (Fsp3) is 0.556. The molecule has 0 unspecified atom stereocenters. The first kappa shape index (κ1) is 11.1. The number of amides is 1. The van der Waals surface area contributed by atoms with Gasteiger partial charge in [0.25, 0.3) is 0 Å². The van der Waals surface area contributed by atoms with Gasteiger partial charge in [0.15, 0.2) is 0 Å². The maximum absolute atomic E-state index is 11.2. The van der Waals surface area contributed by atoms with E-state index >= 15 is 0 Å². The molecule has 4 nitrogen and oxygen atoms in total. The number of carbonyl (C=O) groups is 1. The van der Waals surface area contributed by atoms with E-state index in [-0.39, 0.29) is 18.6 Å². The van der Waals surface area contributed by atoms with Gasteiger partial charge in [-0.15, -0.1) is 11.3 Å². The van der Waals surface area contributed by atoms with Crippen LogP contribution in [0.3, 0.4) is 0 Å². The highest BCUT2D eigenvalue weighted by Crippen LogP contribution is 1.99. The first-order chi connectivity index (χ1) is 6.68. The van der Waals surface area contributed by atoms with Crippen molar-refractivity contribution < 1.29 is 9.53 Å². The number of carbonyl (C=O) groups excluding carboxylic acids is 1. The van der Waals surface area contributed by atoms with Crippen LogP contribution in [0.4, 0.5) is 0 Å². The third-order valence-electron chi connectivity index (χ3n) is 1.50. The number of rotatable bonds is 5. The third kappa shape index (κ3) is 4.34. The summed E-state index contributed by atoms with van der Waals surface area (Å²) in [6.45, 7) is 4.38. The molecule has 0 radical (unpaired) electrons. The molecule has 0 aliphatic rings. The van der Waals surface area contributed by atoms with Gasteiger partial charge in [-0.2, -0.15) is 0 Å². The number of ether oxygens (including phenoxy) is 1. The Labute approximate surface area is 87.3 Å². The lowest BCUT2D eigenvalue weighted by Gasteiger charge is -2.07. The van der Waals surface area contributed by atoms with E-state index in [1.54, 1.807) is 5.51 Å². The SMILES string of the molecule is CC(C)OCC(=O)NCc1cscn1. The molecule has 1 rings (SSSR count). The molecule has 0 fully saturated rings. The largest absolute Gasteiger partial charge is 0.369 e. The van der Waals surface area contributed by atoms with Crippen molar-refractivity contribution in [3.05, 3.63) is 16.6 Å². The predicted molar refractivity (Wildman–Crippen MR) is 55.0 cm³/mol. The second kappa shape index (κ2) is 5.72. The van der Waals surface area contributed by atoms with Crippen LogP contribution >= 0.6 is 11.3 Å². The van der Waals surface area contributed by atoms with E-state index in [2.05, 4.69) is 10.3 Å². The molecule has 0 atom stereocenters. The van der Waals surface area contributed by atoms with Gasteiger partial charge < -0.3 is 10.1 Å². The molecule has 14 heavy (non-hydrogen) atoms. The van der Waals surface area contributed by atoms with Crippen LogP contribution in [0.2, 0.25) is 0 Å². The van der Waals surface area contributed by atoms with Crippen molar-refractivity contribution in [1.82, 2.24) is 10.3 Å². The molecule has 1 aromatic rings. The molecule has 0 aliphatic heterocycles. The van der Waals surface area contributed by atoms with Crippen LogP contribution in [0.5, 0.6) is 0 Å². The van der Waals surface area contributed by atoms with Crippen molar-refractivity contribution >= 4 is 17.2 Å². The highest BCUT2D eigenvalue weighted by Gasteiger charge is 2.03. The standard InChI is InChI=1S/C9H14N2O2S/c1-7(2)13-4-9(12)10-3-8-5-14-6-11-8/h5-7H,3-4H2,1-2H3,(H,10,12). The van der Waals surface area contributed by atoms with Crippen molar-refractivity contribution in [2.45, 2.75) is 26.5 Å². The zero-order valence-corrected chi connectivity index (χ0v) is 9.13. The summed E-state index contributed by atoms with van der Waals surface area (Å²) in [6, 6.07) is 0. The first-order valence-electron chi connectivity index (χ1n) is 4.44. The van der Waals surface area contributed by atoms with Gasteiger partial charge in [0.2, 0.25) is 5.91 Å². The zero-order valence-electron chi connectivity index (χ0n) is 8.32. The lowest BCUT2D eigenvalue weighted by molar-refractivity contribution is -0.127. The molecule has 0 saturated carbocycles. The molecule has 1 amide bonds. The molecule has 0 spiro atoms. The minimum atomic E-state index is -0.105. The molecule has 0 bridgehead atoms. The second-order valence-corrected chi connectivity index (χ2v) is 3.83. The highest BCUT2D eigenvalue weighted by atomic mass is 32.1. The first-order valence-corrected chi connectivity index (χ1v) is 5.38. The quantitative estimate of drug-likeness (QED) is 0.801. The van der Waals surface area contributed by atoms with Crippen LogP contribution in [0.1, 0.15) is 19.5 Å². The monoisotopic (exact) mass is 214 g/mol. The molecule has 0 saturated heterocycles. The van der Waals surface area contributed by atoms with E-state index < -0.39 is 0 Å². The molecule has 78 valence electrons. The minimum absolute atomic E-state index is 0.0834. The Morgan fingerprint density at radius 3 is 3.07 bits per heavy atom. The molecule has 5 heteroatoms. The topological polar surface area (TPSA) is 51.2 Å². The molecule has 0 aliphatic carbocycles. The molecule has 1 aromatic heterocycles. The summed E-state index contributed by atoms with van der Waals surface area (Å²) in [5, 5.41) is 4.63. The molecule has 0 aromatic carbocycles. The van der Waals surface area contributed by atoms with E-state index in [4.69, 9.17) is 4.74 Å². The van der Waals surface area contributed by atoms with Gasteiger partial charge in [-0.1, -0.05) is 0 Å². The van der Waals surface area contributed by atoms with Crippen LogP contribution in [0.15, 0.2) is 10.9 Å². The Morgan fingerprint density at radius 1 is 1.71 bits per heavy atom. The highest BCUT2D eigenvalue weighted by molar-refractivity contribution is 7.07. The van der Waals surface area contributed by atoms with Crippen molar-refractivity contribution in [2.75, 3.05) is 6.61 Å². The van der Waals surface area contributed by atoms with E-state index in [0.29, 0.717) is 6.54 Å². The van der Waals surface area contributed by atoms with E-state index in [1.165, 1.54) is 11.3 Å². The maximum Gasteiger partial charge on any atom is 0.246 e. The van der Waals surface area contributed by atoms with Crippen LogP contribution in [0.25, 0.3) is 0 Å². The van der Waals surface area contributed by atoms with Gasteiger partial charge in [-0.05, 0) is 13.8 Å². The molecule has 1 N–H and O–H groups in total. The van der Waals surface area contributed by atoms with E-state index in [0.717, 1.165) is 5.69 Å². The third-order valence-corrected chi connectivity index (χ3v) is 2.13. The van der Waals surface area contributed by atoms with Crippen LogP contribution < -0.4 is 5.32 Å². The number of thiazole rings is 1. The Bertz CT molecular complexity index is 272. The fourth-order valence-corrected chi connectivity index (χ4v) is 1.37. The predicted octanol–water partition coefficient (Wildman–Crippen LogP) is 1.18. The van der Waals surface area contributed by atoms with E-state index in [1.807, 2.05) is 19.2 Å². The Kier molecular flexibility index (Phi) is 4.55. The van der Waals surface area contributed by atoms with Crippen LogP contribution in [-0.2, 0) is 16.1 Å². The summed E-state index contributed by atoms with van der Waals surface area (Å²) < 4.78 is 5.14. The van der Waals surface area contributed by atoms with Crippen LogP contribution in [-0.4, -0.2) is 23.6 Å². The summed E-state index contributed by atoms with van der Waals surface area (Å²) >= 11 is 1.52. The zero-order chi connectivity index (χ0) is 10.4. The minimum Gasteiger partial charge on any atom is -0.369 e. The fourth-order valence-electron chi connectivity index (χ4n) is 0.807. The summed E-state index contributed by atoms with van der Waals surface area (Å²) in [4.78, 5) is 15.2. The number of nitrogens with zero attached hydrogens (tertiary/aromatic N) is 1. The van der Waals surface area contributed by atoms with Gasteiger partial charge in [0, 0.05) is 5.38 Å². The van der Waals surface area contributed by atoms with Gasteiger partial charge in [-0.3, -0.25) is 4.79 Å². The summed E-state index contributed by atoms with van der Waals surface area (Å²) in [5.74, 6) is -0.105. The van der Waals surface area contributed by atoms with Gasteiger partial charge >= 0.3 is 0 Å². The number of hydrogen-bond acceptors (Lipinski definition) is 4. The maximum atomic E-state index is 11.2. The average molecular weight is 214 g/mol. The van der Waals surface area contributed by atoms with Gasteiger partial charge in [0.1, 0.15) is 6.61 Å². The Balaban J connectivity index is 2.15. The van der Waals surface area contributed by atoms with Crippen LogP contribution in [0, 0.1) is 0 Å². The molecular weight excluding hydrogens is 200 g/mol. The molecular formula is C9H14N2O2S. The summed E-state index contributed by atoms with van der Waals surface area (Å²) in [5.41, 5.74) is 2.62. The molecule has 1 heterocycles. The average Bonchev–Trinajstić information content (AvgIpc) is 2.63. The second-order valence-electron chi connectivity index (χ2n) is 3.12. The summed E-state index contributed by atoms with van der Waals surface area (Å²) in [6.07, 6.45) is 0.0834. The normalized spacial score (nSPS) is 10.5. The number of nitrogens with one attached hydrogen (secondary N) is 1. The number of hydrogen-bond donors (Lipinski definition) is 1. The van der Waals surface area contributed by atoms with Gasteiger partial charge in [-0.25, -0.2) is 4.98 Å². The van der Waals surface area contributed by atoms with Gasteiger partial charge in [0.05, 0.1) is 23.9 Å². The lowest BCUT2D eigenvalue weighted by atomic mass is 10.4. The Morgan fingerprint density at radius 2 is 2.50 bits per heavy atom.